The smallest absolute Gasteiger partial charge is 0.117 e. The van der Waals surface area contributed by atoms with Crippen LogP contribution >= 0.6 is 11.8 Å². The molecule has 2 N–H and O–H groups in total. The van der Waals surface area contributed by atoms with Gasteiger partial charge in [0.05, 0.1) is 0 Å². The van der Waals surface area contributed by atoms with Gasteiger partial charge in [-0.25, -0.2) is 0 Å². The lowest BCUT2D eigenvalue weighted by Crippen LogP contribution is -2.15. The van der Waals surface area contributed by atoms with Gasteiger partial charge in [-0.05, 0) is 48.6 Å². The molecule has 24 heavy (non-hydrogen) atoms. The normalized spacial score (nSPS) is 20.4. The second kappa shape index (κ2) is 7.63. The molecule has 0 amide bonds. The summed E-state index contributed by atoms with van der Waals surface area (Å²) in [5, 5.41) is 13.8. The van der Waals surface area contributed by atoms with Crippen molar-refractivity contribution >= 4 is 23.0 Å². The Bertz CT molecular complexity index is 755. The van der Waals surface area contributed by atoms with Gasteiger partial charge in [0.25, 0.3) is 0 Å². The number of fused-ring (bicyclic) bond motifs is 1. The number of hydrogen-bond acceptors (Lipinski definition) is 3. The molecule has 1 atom stereocenters. The van der Waals surface area contributed by atoms with Crippen LogP contribution in [0, 0.1) is 0 Å². The van der Waals surface area contributed by atoms with Crippen molar-refractivity contribution in [3.8, 4) is 0 Å². The van der Waals surface area contributed by atoms with Gasteiger partial charge in [0, 0.05) is 16.2 Å². The fourth-order valence-electron chi connectivity index (χ4n) is 2.93. The first-order chi connectivity index (χ1) is 11.7. The topological polar surface area (TPSA) is 32.3 Å². The van der Waals surface area contributed by atoms with Crippen molar-refractivity contribution < 1.29 is 5.11 Å². The van der Waals surface area contributed by atoms with Crippen molar-refractivity contribution in [2.45, 2.75) is 36.5 Å². The van der Waals surface area contributed by atoms with E-state index in [9.17, 15) is 5.11 Å². The second-order valence-electron chi connectivity index (χ2n) is 5.85. The van der Waals surface area contributed by atoms with Crippen molar-refractivity contribution in [2.24, 2.45) is 0 Å². The van der Waals surface area contributed by atoms with Crippen LogP contribution in [-0.2, 0) is 0 Å². The van der Waals surface area contributed by atoms with Gasteiger partial charge in [-0.3, -0.25) is 0 Å². The third kappa shape index (κ3) is 3.51. The monoisotopic (exact) mass is 337 g/mol. The zero-order valence-corrected chi connectivity index (χ0v) is 14.8. The van der Waals surface area contributed by atoms with E-state index in [4.69, 9.17) is 0 Å². The Balaban J connectivity index is 1.85. The quantitative estimate of drug-likeness (QED) is 0.493. The minimum absolute atomic E-state index is 0.00641. The average molecular weight is 337 g/mol. The van der Waals surface area contributed by atoms with Crippen LogP contribution < -0.4 is 5.32 Å². The molecular weight excluding hydrogens is 314 g/mol. The molecule has 1 aliphatic carbocycles. The fourth-order valence-corrected chi connectivity index (χ4v) is 4.15. The van der Waals surface area contributed by atoms with Gasteiger partial charge in [0.15, 0.2) is 0 Å². The number of allylic oxidation sites excluding steroid dienone is 7. The van der Waals surface area contributed by atoms with E-state index in [0.717, 1.165) is 30.5 Å². The molecule has 1 aromatic carbocycles. The molecule has 0 saturated carbocycles. The van der Waals surface area contributed by atoms with Gasteiger partial charge < -0.3 is 10.4 Å². The highest BCUT2D eigenvalue weighted by molar-refractivity contribution is 8.00. The third-order valence-electron chi connectivity index (χ3n) is 4.11. The van der Waals surface area contributed by atoms with E-state index in [2.05, 4.69) is 48.3 Å². The zero-order chi connectivity index (χ0) is 16.9. The molecule has 0 saturated heterocycles. The minimum atomic E-state index is 0.00641. The molecule has 1 aromatic rings. The maximum atomic E-state index is 10.3. The van der Waals surface area contributed by atoms with Crippen LogP contribution in [0.15, 0.2) is 77.5 Å². The van der Waals surface area contributed by atoms with Crippen LogP contribution in [0.3, 0.4) is 0 Å². The number of anilines is 1. The Labute approximate surface area is 148 Å². The van der Waals surface area contributed by atoms with E-state index in [-0.39, 0.29) is 5.37 Å². The van der Waals surface area contributed by atoms with Crippen LogP contribution in [0.1, 0.15) is 31.7 Å². The van der Waals surface area contributed by atoms with Crippen LogP contribution in [0.4, 0.5) is 5.69 Å². The molecule has 0 radical (unpaired) electrons. The predicted molar refractivity (Wildman–Crippen MR) is 105 cm³/mol. The number of aliphatic hydroxyl groups excluding tert-OH is 1. The number of nitrogens with one attached hydrogen (secondary N) is 1. The standard InChI is InChI=1S/C21H23NOS/c1-3-8-17(19(23)9-4-2)21-22-18-13-12-16(14-20(18)24-21)15-10-6-5-7-11-15/h3,6,8-14,21-23H,1,4-5,7H2,2H3. The lowest BCUT2D eigenvalue weighted by molar-refractivity contribution is 0.418. The Morgan fingerprint density at radius 1 is 1.42 bits per heavy atom. The first-order valence-electron chi connectivity index (χ1n) is 8.39. The zero-order valence-electron chi connectivity index (χ0n) is 14.0. The van der Waals surface area contributed by atoms with Gasteiger partial charge in [-0.15, -0.1) is 0 Å². The third-order valence-corrected chi connectivity index (χ3v) is 5.31. The lowest BCUT2D eigenvalue weighted by Gasteiger charge is -2.14. The molecular formula is C21H23NOS. The van der Waals surface area contributed by atoms with Gasteiger partial charge in [0.2, 0.25) is 0 Å². The minimum Gasteiger partial charge on any atom is -0.508 e. The molecule has 2 aliphatic rings. The van der Waals surface area contributed by atoms with Crippen molar-refractivity contribution in [3.05, 3.63) is 78.1 Å². The highest BCUT2D eigenvalue weighted by Crippen LogP contribution is 2.43. The maximum absolute atomic E-state index is 10.3. The molecule has 1 heterocycles. The number of aliphatic hydroxyl groups is 1. The summed E-state index contributed by atoms with van der Waals surface area (Å²) < 4.78 is 0. The summed E-state index contributed by atoms with van der Waals surface area (Å²) in [6.07, 6.45) is 15.2. The molecule has 0 fully saturated rings. The summed E-state index contributed by atoms with van der Waals surface area (Å²) >= 11 is 1.74. The van der Waals surface area contributed by atoms with E-state index >= 15 is 0 Å². The Morgan fingerprint density at radius 3 is 3.00 bits per heavy atom. The van der Waals surface area contributed by atoms with E-state index in [1.54, 1.807) is 17.8 Å². The van der Waals surface area contributed by atoms with Gasteiger partial charge in [-0.2, -0.15) is 0 Å². The first kappa shape index (κ1) is 16.7. The molecule has 124 valence electrons. The molecule has 2 nitrogen and oxygen atoms in total. The Morgan fingerprint density at radius 2 is 2.29 bits per heavy atom. The largest absolute Gasteiger partial charge is 0.508 e. The average Bonchev–Trinajstić information content (AvgIpc) is 3.03. The highest BCUT2D eigenvalue weighted by atomic mass is 32.2. The molecule has 3 rings (SSSR count). The molecule has 1 unspecified atom stereocenters. The Hall–Kier alpha value is -2.13. The molecule has 3 heteroatoms. The van der Waals surface area contributed by atoms with Crippen molar-refractivity contribution in [3.63, 3.8) is 0 Å². The van der Waals surface area contributed by atoms with Crippen LogP contribution in [-0.4, -0.2) is 10.5 Å². The number of thioether (sulfide) groups is 1. The number of hydrogen-bond donors (Lipinski definition) is 2. The number of benzene rings is 1. The molecule has 0 bridgehead atoms. The van der Waals surface area contributed by atoms with Gasteiger partial charge in [0.1, 0.15) is 11.1 Å². The van der Waals surface area contributed by atoms with Crippen molar-refractivity contribution in [2.75, 3.05) is 5.32 Å². The SMILES string of the molecule is C=CC=C(C(O)=CCC)C1Nc2ccc(C3=CCCC=C3)cc2S1. The van der Waals surface area contributed by atoms with E-state index in [0.29, 0.717) is 5.76 Å². The van der Waals surface area contributed by atoms with E-state index in [1.165, 1.54) is 16.0 Å². The van der Waals surface area contributed by atoms with Crippen molar-refractivity contribution in [1.82, 2.24) is 0 Å². The summed E-state index contributed by atoms with van der Waals surface area (Å²) in [5.41, 5.74) is 4.53. The molecule has 0 spiro atoms. The Kier molecular flexibility index (Phi) is 5.31. The van der Waals surface area contributed by atoms with Crippen LogP contribution in [0.25, 0.3) is 5.57 Å². The van der Waals surface area contributed by atoms with E-state index < -0.39 is 0 Å². The molecule has 0 aromatic heterocycles. The summed E-state index contributed by atoms with van der Waals surface area (Å²) in [7, 11) is 0. The van der Waals surface area contributed by atoms with Gasteiger partial charge >= 0.3 is 0 Å². The van der Waals surface area contributed by atoms with Crippen molar-refractivity contribution in [1.29, 1.82) is 0 Å². The summed E-state index contributed by atoms with van der Waals surface area (Å²) in [5.74, 6) is 0.327. The number of rotatable bonds is 5. The summed E-state index contributed by atoms with van der Waals surface area (Å²) in [6.45, 7) is 5.79. The van der Waals surface area contributed by atoms with Crippen LogP contribution in [0.5, 0.6) is 0 Å². The summed E-state index contributed by atoms with van der Waals surface area (Å²) in [4.78, 5) is 1.22. The maximum Gasteiger partial charge on any atom is 0.117 e. The summed E-state index contributed by atoms with van der Waals surface area (Å²) in [6, 6.07) is 6.53. The second-order valence-corrected chi connectivity index (χ2v) is 6.99. The van der Waals surface area contributed by atoms with Gasteiger partial charge in [-0.1, -0.05) is 61.7 Å². The highest BCUT2D eigenvalue weighted by Gasteiger charge is 2.26. The predicted octanol–water partition coefficient (Wildman–Crippen LogP) is 6.23. The lowest BCUT2D eigenvalue weighted by atomic mass is 9.99. The first-order valence-corrected chi connectivity index (χ1v) is 9.27. The van der Waals surface area contributed by atoms with E-state index in [1.807, 2.05) is 19.1 Å². The fraction of sp³-hybridized carbons (Fsp3) is 0.238. The van der Waals surface area contributed by atoms with Crippen LogP contribution in [0.2, 0.25) is 0 Å². The molecule has 1 aliphatic heterocycles.